The quantitative estimate of drug-likeness (QED) is 0.263. The summed E-state index contributed by atoms with van der Waals surface area (Å²) in [7, 11) is 0. The second-order valence-electron chi connectivity index (χ2n) is 7.46. The van der Waals surface area contributed by atoms with Gasteiger partial charge in [0.2, 0.25) is 0 Å². The van der Waals surface area contributed by atoms with Crippen molar-refractivity contribution in [3.8, 4) is 11.3 Å². The highest BCUT2D eigenvalue weighted by atomic mass is 19.2. The summed E-state index contributed by atoms with van der Waals surface area (Å²) < 4.78 is 34.3. The van der Waals surface area contributed by atoms with Crippen LogP contribution >= 0.6 is 0 Å². The Morgan fingerprint density at radius 3 is 2.60 bits per heavy atom. The molecule has 0 aliphatic rings. The lowest BCUT2D eigenvalue weighted by Gasteiger charge is -2.11. The molecule has 0 fully saturated rings. The first-order chi connectivity index (χ1) is 14.6. The van der Waals surface area contributed by atoms with E-state index in [0.29, 0.717) is 11.4 Å². The van der Waals surface area contributed by atoms with Gasteiger partial charge in [-0.05, 0) is 68.9 Å². The Morgan fingerprint density at radius 1 is 1.07 bits per heavy atom. The van der Waals surface area contributed by atoms with Crippen molar-refractivity contribution in [1.82, 2.24) is 10.2 Å². The first kappa shape index (κ1) is 23.9. The lowest BCUT2D eigenvalue weighted by molar-refractivity contribution is 0.0566. The van der Waals surface area contributed by atoms with Gasteiger partial charge >= 0.3 is 0 Å². The van der Waals surface area contributed by atoms with Gasteiger partial charge in [-0.15, -0.1) is 11.7 Å². The van der Waals surface area contributed by atoms with Crippen molar-refractivity contribution >= 4 is 6.08 Å². The zero-order chi connectivity index (χ0) is 21.8. The molecule has 1 aromatic carbocycles. The normalized spacial score (nSPS) is 12.4. The summed E-state index contributed by atoms with van der Waals surface area (Å²) in [5.41, 5.74) is 1.38. The van der Waals surface area contributed by atoms with Gasteiger partial charge in [0, 0.05) is 12.2 Å². The van der Waals surface area contributed by atoms with Crippen molar-refractivity contribution in [2.75, 3.05) is 6.61 Å². The standard InChI is InChI=1S/C25H32F2N2O/c1-4-6-10-18-30-19(3)12-8-7-9-13-21-15-17-23(29-28-21)22-16-14-20(11-5-2)24(26)25(22)27/h5,9,13-17,19H,2,4,6-8,10-12,18H2,1,3H3. The van der Waals surface area contributed by atoms with Gasteiger partial charge in [-0.3, -0.25) is 0 Å². The van der Waals surface area contributed by atoms with E-state index < -0.39 is 11.6 Å². The Hall–Kier alpha value is -2.40. The van der Waals surface area contributed by atoms with Crippen molar-refractivity contribution < 1.29 is 13.5 Å². The lowest BCUT2D eigenvalue weighted by Crippen LogP contribution is -2.08. The van der Waals surface area contributed by atoms with Gasteiger partial charge in [-0.1, -0.05) is 38.0 Å². The van der Waals surface area contributed by atoms with Gasteiger partial charge in [-0.25, -0.2) is 8.78 Å². The fourth-order valence-electron chi connectivity index (χ4n) is 3.12. The molecule has 0 aliphatic heterocycles. The largest absolute Gasteiger partial charge is 0.379 e. The Morgan fingerprint density at radius 2 is 1.90 bits per heavy atom. The predicted molar refractivity (Wildman–Crippen MR) is 119 cm³/mol. The lowest BCUT2D eigenvalue weighted by atomic mass is 10.0. The maximum absolute atomic E-state index is 14.3. The van der Waals surface area contributed by atoms with E-state index in [0.717, 1.165) is 32.3 Å². The van der Waals surface area contributed by atoms with Crippen LogP contribution in [0.4, 0.5) is 8.78 Å². The minimum Gasteiger partial charge on any atom is -0.379 e. The Bertz CT molecular complexity index is 819. The molecule has 3 nitrogen and oxygen atoms in total. The van der Waals surface area contributed by atoms with Crippen molar-refractivity contribution in [3.05, 3.63) is 65.9 Å². The van der Waals surface area contributed by atoms with Crippen LogP contribution < -0.4 is 0 Å². The van der Waals surface area contributed by atoms with Gasteiger partial charge < -0.3 is 4.74 Å². The molecule has 30 heavy (non-hydrogen) atoms. The second kappa shape index (κ2) is 13.0. The summed E-state index contributed by atoms with van der Waals surface area (Å²) in [4.78, 5) is 0. The van der Waals surface area contributed by atoms with Crippen LogP contribution in [-0.4, -0.2) is 22.9 Å². The van der Waals surface area contributed by atoms with E-state index in [1.807, 2.05) is 6.08 Å². The third-order valence-corrected chi connectivity index (χ3v) is 4.91. The van der Waals surface area contributed by atoms with E-state index in [4.69, 9.17) is 4.74 Å². The zero-order valence-electron chi connectivity index (χ0n) is 18.0. The molecular formula is C25H32F2N2O. The molecule has 2 aromatic rings. The number of nitrogens with zero attached hydrogens (tertiary/aromatic N) is 2. The van der Waals surface area contributed by atoms with Gasteiger partial charge in [0.1, 0.15) is 0 Å². The van der Waals surface area contributed by atoms with Crippen molar-refractivity contribution in [2.45, 2.75) is 64.9 Å². The molecule has 0 N–H and O–H groups in total. The van der Waals surface area contributed by atoms with E-state index in [-0.39, 0.29) is 23.7 Å². The number of unbranched alkanes of at least 4 members (excludes halogenated alkanes) is 3. The number of benzene rings is 1. The number of rotatable bonds is 13. The van der Waals surface area contributed by atoms with Gasteiger partial charge in [-0.2, -0.15) is 5.10 Å². The number of hydrogen-bond acceptors (Lipinski definition) is 3. The molecule has 1 atom stereocenters. The number of allylic oxidation sites excluding steroid dienone is 2. The SMILES string of the molecule is C=CCc1ccc(-c2ccc(C=CCCCC(C)OCCCCC)nn2)c(F)c1F. The number of ether oxygens (including phenoxy) is 1. The van der Waals surface area contributed by atoms with Crippen LogP contribution in [0.25, 0.3) is 17.3 Å². The monoisotopic (exact) mass is 414 g/mol. The first-order valence-corrected chi connectivity index (χ1v) is 10.8. The topological polar surface area (TPSA) is 35.0 Å². The number of hydrogen-bond donors (Lipinski definition) is 0. The van der Waals surface area contributed by atoms with Crippen LogP contribution in [0, 0.1) is 11.6 Å². The molecule has 0 saturated carbocycles. The Balaban J connectivity index is 1.83. The summed E-state index contributed by atoms with van der Waals surface area (Å²) in [5.74, 6) is -1.76. The molecule has 0 aliphatic carbocycles. The van der Waals surface area contributed by atoms with Crippen LogP contribution in [0.5, 0.6) is 0 Å². The molecule has 0 spiro atoms. The van der Waals surface area contributed by atoms with Gasteiger partial charge in [0.25, 0.3) is 0 Å². The smallest absolute Gasteiger partial charge is 0.168 e. The summed E-state index contributed by atoms with van der Waals surface area (Å²) in [6, 6.07) is 6.50. The predicted octanol–water partition coefficient (Wildman–Crippen LogP) is 6.93. The van der Waals surface area contributed by atoms with E-state index in [9.17, 15) is 8.78 Å². The van der Waals surface area contributed by atoms with E-state index in [1.54, 1.807) is 24.3 Å². The van der Waals surface area contributed by atoms with Gasteiger partial charge in [0.05, 0.1) is 17.5 Å². The maximum Gasteiger partial charge on any atom is 0.168 e. The van der Waals surface area contributed by atoms with Crippen LogP contribution in [0.2, 0.25) is 0 Å². The molecule has 1 aromatic heterocycles. The molecular weight excluding hydrogens is 382 g/mol. The second-order valence-corrected chi connectivity index (χ2v) is 7.46. The molecule has 0 amide bonds. The number of halogens is 2. The Kier molecular flexibility index (Phi) is 10.4. The summed E-state index contributed by atoms with van der Waals surface area (Å²) in [6.07, 6.45) is 12.6. The van der Waals surface area contributed by atoms with Crippen molar-refractivity contribution in [1.29, 1.82) is 0 Å². The van der Waals surface area contributed by atoms with E-state index in [2.05, 4.69) is 36.7 Å². The molecule has 5 heteroatoms. The van der Waals surface area contributed by atoms with Gasteiger partial charge in [0.15, 0.2) is 11.6 Å². The van der Waals surface area contributed by atoms with Crippen LogP contribution in [-0.2, 0) is 11.2 Å². The highest BCUT2D eigenvalue weighted by Gasteiger charge is 2.15. The minimum absolute atomic E-state index is 0.108. The van der Waals surface area contributed by atoms with Crippen molar-refractivity contribution in [3.63, 3.8) is 0 Å². The summed E-state index contributed by atoms with van der Waals surface area (Å²) in [5, 5.41) is 8.16. The highest BCUT2D eigenvalue weighted by molar-refractivity contribution is 5.61. The third kappa shape index (κ3) is 7.45. The fraction of sp³-hybridized carbons (Fsp3) is 0.440. The van der Waals surface area contributed by atoms with Crippen LogP contribution in [0.15, 0.2) is 43.0 Å². The highest BCUT2D eigenvalue weighted by Crippen LogP contribution is 2.25. The van der Waals surface area contributed by atoms with Crippen molar-refractivity contribution in [2.24, 2.45) is 0 Å². The average Bonchev–Trinajstić information content (AvgIpc) is 2.75. The molecule has 2 rings (SSSR count). The average molecular weight is 415 g/mol. The van der Waals surface area contributed by atoms with E-state index >= 15 is 0 Å². The minimum atomic E-state index is -0.905. The van der Waals surface area contributed by atoms with Crippen LogP contribution in [0.3, 0.4) is 0 Å². The van der Waals surface area contributed by atoms with Crippen LogP contribution in [0.1, 0.15) is 63.6 Å². The maximum atomic E-state index is 14.3. The molecule has 162 valence electrons. The zero-order valence-corrected chi connectivity index (χ0v) is 18.0. The summed E-state index contributed by atoms with van der Waals surface area (Å²) >= 11 is 0. The molecule has 0 radical (unpaired) electrons. The first-order valence-electron chi connectivity index (χ1n) is 10.8. The van der Waals surface area contributed by atoms with E-state index in [1.165, 1.54) is 18.9 Å². The molecule has 1 unspecified atom stereocenters. The fourth-order valence-corrected chi connectivity index (χ4v) is 3.12. The summed E-state index contributed by atoms with van der Waals surface area (Å²) in [6.45, 7) is 8.70. The molecule has 1 heterocycles. The molecule has 0 saturated heterocycles. The molecule has 0 bridgehead atoms. The number of aromatic nitrogens is 2. The Labute approximate surface area is 178 Å². The third-order valence-electron chi connectivity index (χ3n) is 4.91.